The van der Waals surface area contributed by atoms with Crippen LogP contribution in [0.4, 0.5) is 30.2 Å². The second-order valence-corrected chi connectivity index (χ2v) is 13.4. The van der Waals surface area contributed by atoms with Crippen LogP contribution in [0.2, 0.25) is 10.0 Å². The Hall–Kier alpha value is -3.78. The third kappa shape index (κ3) is 7.42. The van der Waals surface area contributed by atoms with Gasteiger partial charge in [-0.3, -0.25) is 13.8 Å². The van der Waals surface area contributed by atoms with Crippen LogP contribution in [0.15, 0.2) is 101 Å². The molecule has 0 aliphatic carbocycles. The number of nitrogens with zero attached hydrogens (tertiary/aromatic N) is 1. The summed E-state index contributed by atoms with van der Waals surface area (Å²) in [5.41, 5.74) is -0.806. The minimum atomic E-state index is -4.79. The molecule has 4 rings (SSSR count). The van der Waals surface area contributed by atoms with Crippen LogP contribution in [0, 0.1) is 6.92 Å². The maximum Gasteiger partial charge on any atom is 0.417 e. The Kier molecular flexibility index (Phi) is 9.30. The predicted molar refractivity (Wildman–Crippen MR) is 159 cm³/mol. The molecule has 0 aliphatic rings. The third-order valence-corrected chi connectivity index (χ3v) is 10.0. The van der Waals surface area contributed by atoms with Crippen LogP contribution in [0.25, 0.3) is 0 Å². The summed E-state index contributed by atoms with van der Waals surface area (Å²) in [5, 5.41) is 2.23. The minimum absolute atomic E-state index is 0.0488. The highest BCUT2D eigenvalue weighted by Crippen LogP contribution is 2.37. The van der Waals surface area contributed by atoms with Crippen LogP contribution >= 0.6 is 23.2 Å². The number of hydrogen-bond acceptors (Lipinski definition) is 5. The number of benzene rings is 4. The van der Waals surface area contributed by atoms with E-state index in [1.165, 1.54) is 30.3 Å². The van der Waals surface area contributed by atoms with E-state index in [0.29, 0.717) is 16.7 Å². The first kappa shape index (κ1) is 32.1. The van der Waals surface area contributed by atoms with Crippen molar-refractivity contribution in [1.29, 1.82) is 0 Å². The monoisotopic (exact) mass is 671 g/mol. The van der Waals surface area contributed by atoms with Crippen LogP contribution < -0.4 is 14.3 Å². The molecule has 0 saturated carbocycles. The van der Waals surface area contributed by atoms with Crippen molar-refractivity contribution in [3.63, 3.8) is 0 Å². The standard InChI is InChI=1S/C28H22Cl2F3N3O5S2/c1-18-24(29)8-5-9-26(18)36(43(40,41)22-6-3-2-4-7-22)17-27(37)34-19-10-13-21(14-11-19)42(38,39)35-20-12-15-25(30)23(16-20)28(31,32)33/h2-16,35H,17H2,1H3,(H,34,37). The van der Waals surface area contributed by atoms with E-state index >= 15 is 0 Å². The van der Waals surface area contributed by atoms with E-state index in [0.717, 1.165) is 28.6 Å². The quantitative estimate of drug-likeness (QED) is 0.200. The lowest BCUT2D eigenvalue weighted by Crippen LogP contribution is -2.38. The average molecular weight is 673 g/mol. The third-order valence-electron chi connectivity index (χ3n) is 6.10. The zero-order valence-corrected chi connectivity index (χ0v) is 25.2. The van der Waals surface area contributed by atoms with Gasteiger partial charge < -0.3 is 5.32 Å². The van der Waals surface area contributed by atoms with E-state index in [1.54, 1.807) is 37.3 Å². The van der Waals surface area contributed by atoms with Gasteiger partial charge in [0.1, 0.15) is 6.54 Å². The zero-order valence-electron chi connectivity index (χ0n) is 22.1. The van der Waals surface area contributed by atoms with Crippen molar-refractivity contribution >= 4 is 66.2 Å². The Morgan fingerprint density at radius 1 is 0.791 bits per heavy atom. The highest BCUT2D eigenvalue weighted by molar-refractivity contribution is 7.93. The molecule has 2 N–H and O–H groups in total. The van der Waals surface area contributed by atoms with Gasteiger partial charge in [0.15, 0.2) is 0 Å². The molecule has 43 heavy (non-hydrogen) atoms. The van der Waals surface area contributed by atoms with E-state index in [4.69, 9.17) is 23.2 Å². The van der Waals surface area contributed by atoms with Gasteiger partial charge in [-0.25, -0.2) is 16.8 Å². The summed E-state index contributed by atoms with van der Waals surface area (Å²) in [6.45, 7) is 0.975. The van der Waals surface area contributed by atoms with E-state index in [1.807, 2.05) is 0 Å². The summed E-state index contributed by atoms with van der Waals surface area (Å²) in [5.74, 6) is -0.742. The Balaban J connectivity index is 1.54. The van der Waals surface area contributed by atoms with Gasteiger partial charge in [0, 0.05) is 16.4 Å². The average Bonchev–Trinajstić information content (AvgIpc) is 2.94. The van der Waals surface area contributed by atoms with Gasteiger partial charge in [-0.05, 0) is 79.2 Å². The van der Waals surface area contributed by atoms with E-state index < -0.39 is 49.3 Å². The first-order valence-electron chi connectivity index (χ1n) is 12.2. The number of alkyl halides is 3. The van der Waals surface area contributed by atoms with Gasteiger partial charge in [0.2, 0.25) is 5.91 Å². The number of nitrogens with one attached hydrogen (secondary N) is 2. The van der Waals surface area contributed by atoms with E-state index in [2.05, 4.69) is 10.0 Å². The fraction of sp³-hybridized carbons (Fsp3) is 0.107. The molecule has 0 heterocycles. The largest absolute Gasteiger partial charge is 0.417 e. The molecule has 0 atom stereocenters. The molecule has 4 aromatic carbocycles. The molecular formula is C28H22Cl2F3N3O5S2. The Morgan fingerprint density at radius 3 is 2.05 bits per heavy atom. The van der Waals surface area contributed by atoms with Gasteiger partial charge in [-0.15, -0.1) is 0 Å². The first-order chi connectivity index (χ1) is 20.1. The molecule has 15 heteroatoms. The number of halogens is 5. The van der Waals surface area contributed by atoms with E-state index in [9.17, 15) is 34.8 Å². The topological polar surface area (TPSA) is 113 Å². The van der Waals surface area contributed by atoms with Crippen molar-refractivity contribution in [3.8, 4) is 0 Å². The number of anilines is 3. The molecule has 0 aliphatic heterocycles. The van der Waals surface area contributed by atoms with Gasteiger partial charge in [-0.1, -0.05) is 47.5 Å². The Bertz CT molecular complexity index is 1870. The van der Waals surface area contributed by atoms with Crippen molar-refractivity contribution < 1.29 is 34.8 Å². The van der Waals surface area contributed by atoms with Crippen molar-refractivity contribution in [2.45, 2.75) is 22.9 Å². The van der Waals surface area contributed by atoms with Crippen molar-refractivity contribution in [2.24, 2.45) is 0 Å². The lowest BCUT2D eigenvalue weighted by molar-refractivity contribution is -0.137. The normalized spacial score (nSPS) is 12.0. The molecule has 0 radical (unpaired) electrons. The summed E-state index contributed by atoms with van der Waals surface area (Å²) in [4.78, 5) is 12.7. The number of rotatable bonds is 9. The second kappa shape index (κ2) is 12.4. The maximum absolute atomic E-state index is 13.5. The minimum Gasteiger partial charge on any atom is -0.325 e. The number of hydrogen-bond donors (Lipinski definition) is 2. The molecular weight excluding hydrogens is 650 g/mol. The van der Waals surface area contributed by atoms with Crippen LogP contribution in [0.3, 0.4) is 0 Å². The van der Waals surface area contributed by atoms with Crippen LogP contribution in [0.5, 0.6) is 0 Å². The molecule has 8 nitrogen and oxygen atoms in total. The van der Waals surface area contributed by atoms with Crippen LogP contribution in [0.1, 0.15) is 11.1 Å². The van der Waals surface area contributed by atoms with Crippen LogP contribution in [-0.4, -0.2) is 29.3 Å². The highest BCUT2D eigenvalue weighted by atomic mass is 35.5. The van der Waals surface area contributed by atoms with Gasteiger partial charge in [0.25, 0.3) is 20.0 Å². The van der Waals surface area contributed by atoms with Gasteiger partial charge >= 0.3 is 6.18 Å². The molecule has 226 valence electrons. The van der Waals surface area contributed by atoms with Crippen molar-refractivity contribution in [1.82, 2.24) is 0 Å². The maximum atomic E-state index is 13.5. The summed E-state index contributed by atoms with van der Waals surface area (Å²) < 4.78 is 95.1. The predicted octanol–water partition coefficient (Wildman–Crippen LogP) is 6.96. The molecule has 0 bridgehead atoms. The van der Waals surface area contributed by atoms with E-state index in [-0.39, 0.29) is 26.9 Å². The summed E-state index contributed by atoms with van der Waals surface area (Å²) >= 11 is 11.8. The van der Waals surface area contributed by atoms with Gasteiger partial charge in [-0.2, -0.15) is 13.2 Å². The Morgan fingerprint density at radius 2 is 1.42 bits per heavy atom. The molecule has 0 aromatic heterocycles. The molecule has 0 spiro atoms. The SMILES string of the molecule is Cc1c(Cl)cccc1N(CC(=O)Nc1ccc(S(=O)(=O)Nc2ccc(Cl)c(C(F)(F)F)c2)cc1)S(=O)(=O)c1ccccc1. The summed E-state index contributed by atoms with van der Waals surface area (Å²) in [6, 6.07) is 19.5. The first-order valence-corrected chi connectivity index (χ1v) is 15.9. The highest BCUT2D eigenvalue weighted by Gasteiger charge is 2.34. The number of carbonyl (C=O) groups is 1. The molecule has 1 amide bonds. The molecule has 0 saturated heterocycles. The number of sulfonamides is 2. The summed E-state index contributed by atoms with van der Waals surface area (Å²) in [7, 11) is -8.52. The zero-order chi connectivity index (χ0) is 31.6. The lowest BCUT2D eigenvalue weighted by Gasteiger charge is -2.26. The lowest BCUT2D eigenvalue weighted by atomic mass is 10.2. The second-order valence-electron chi connectivity index (χ2n) is 9.08. The number of carbonyl (C=O) groups excluding carboxylic acids is 1. The van der Waals surface area contributed by atoms with Gasteiger partial charge in [0.05, 0.1) is 26.1 Å². The Labute approximate surface area is 256 Å². The fourth-order valence-corrected chi connectivity index (χ4v) is 6.90. The van der Waals surface area contributed by atoms with Crippen LogP contribution in [-0.2, 0) is 31.0 Å². The molecule has 4 aromatic rings. The molecule has 0 unspecified atom stereocenters. The summed E-state index contributed by atoms with van der Waals surface area (Å²) in [6.07, 6.45) is -4.79. The smallest absolute Gasteiger partial charge is 0.325 e. The van der Waals surface area contributed by atoms with Crippen molar-refractivity contribution in [2.75, 3.05) is 20.9 Å². The number of amides is 1. The van der Waals surface area contributed by atoms with Crippen molar-refractivity contribution in [3.05, 3.63) is 112 Å². The fourth-order valence-electron chi connectivity index (χ4n) is 3.95. The molecule has 0 fully saturated rings.